The SMILES string of the molecule is CNC(=O)c1sc2ncccc2c1C1CCN(c2ccncn2)CC1. The molecular weight excluding hydrogens is 334 g/mol. The van der Waals surface area contributed by atoms with Gasteiger partial charge in [-0.05, 0) is 36.5 Å². The van der Waals surface area contributed by atoms with Gasteiger partial charge >= 0.3 is 0 Å². The van der Waals surface area contributed by atoms with Gasteiger partial charge in [0.05, 0.1) is 4.88 Å². The van der Waals surface area contributed by atoms with Crippen molar-refractivity contribution < 1.29 is 4.79 Å². The standard InChI is InChI=1S/C18H19N5OS/c1-19-17(24)16-15(13-3-2-7-21-18(13)25-16)12-5-9-23(10-6-12)14-4-8-20-11-22-14/h2-4,7-8,11-12H,5-6,9-10H2,1H3,(H,19,24). The van der Waals surface area contributed by atoms with Crippen LogP contribution >= 0.6 is 11.3 Å². The van der Waals surface area contributed by atoms with Gasteiger partial charge in [0.1, 0.15) is 17.0 Å². The Morgan fingerprint density at radius 2 is 2.08 bits per heavy atom. The molecule has 3 aromatic heterocycles. The highest BCUT2D eigenvalue weighted by Crippen LogP contribution is 2.40. The lowest BCUT2D eigenvalue weighted by molar-refractivity contribution is 0.0965. The molecule has 0 aromatic carbocycles. The van der Waals surface area contributed by atoms with Crippen molar-refractivity contribution in [1.29, 1.82) is 0 Å². The van der Waals surface area contributed by atoms with E-state index in [1.807, 2.05) is 12.1 Å². The molecule has 7 heteroatoms. The minimum absolute atomic E-state index is 0.0174. The Kier molecular flexibility index (Phi) is 4.31. The maximum atomic E-state index is 12.4. The molecule has 128 valence electrons. The van der Waals surface area contributed by atoms with Crippen molar-refractivity contribution in [3.63, 3.8) is 0 Å². The van der Waals surface area contributed by atoms with E-state index in [1.54, 1.807) is 25.8 Å². The summed E-state index contributed by atoms with van der Waals surface area (Å²) in [5.74, 6) is 1.32. The summed E-state index contributed by atoms with van der Waals surface area (Å²) in [6.45, 7) is 1.85. The molecule has 1 amide bonds. The molecule has 4 heterocycles. The first-order chi connectivity index (χ1) is 12.3. The van der Waals surface area contributed by atoms with Gasteiger partial charge in [-0.1, -0.05) is 6.07 Å². The van der Waals surface area contributed by atoms with Crippen LogP contribution in [0.3, 0.4) is 0 Å². The van der Waals surface area contributed by atoms with Gasteiger partial charge in [-0.3, -0.25) is 4.79 Å². The first-order valence-electron chi connectivity index (χ1n) is 8.38. The Labute approximate surface area is 149 Å². The number of carbonyl (C=O) groups is 1. The van der Waals surface area contributed by atoms with E-state index in [4.69, 9.17) is 0 Å². The number of pyridine rings is 1. The van der Waals surface area contributed by atoms with Gasteiger partial charge < -0.3 is 10.2 Å². The van der Waals surface area contributed by atoms with E-state index in [-0.39, 0.29) is 5.91 Å². The second-order valence-corrected chi connectivity index (χ2v) is 7.11. The van der Waals surface area contributed by atoms with Crippen molar-refractivity contribution in [2.45, 2.75) is 18.8 Å². The van der Waals surface area contributed by atoms with Crippen LogP contribution in [0.2, 0.25) is 0 Å². The van der Waals surface area contributed by atoms with Crippen molar-refractivity contribution in [3.05, 3.63) is 47.4 Å². The molecule has 0 atom stereocenters. The summed E-state index contributed by atoms with van der Waals surface area (Å²) in [6, 6.07) is 5.97. The smallest absolute Gasteiger partial charge is 0.261 e. The molecule has 1 saturated heterocycles. The highest BCUT2D eigenvalue weighted by molar-refractivity contribution is 7.20. The Morgan fingerprint density at radius 3 is 2.80 bits per heavy atom. The fourth-order valence-electron chi connectivity index (χ4n) is 3.51. The second kappa shape index (κ2) is 6.76. The maximum Gasteiger partial charge on any atom is 0.261 e. The van der Waals surface area contributed by atoms with E-state index in [9.17, 15) is 4.79 Å². The van der Waals surface area contributed by atoms with Crippen molar-refractivity contribution >= 4 is 33.3 Å². The quantitative estimate of drug-likeness (QED) is 0.784. The number of hydrogen-bond acceptors (Lipinski definition) is 6. The average Bonchev–Trinajstić information content (AvgIpc) is 3.08. The number of carbonyl (C=O) groups excluding carboxylic acids is 1. The normalized spacial score (nSPS) is 15.5. The van der Waals surface area contributed by atoms with Gasteiger partial charge in [0.15, 0.2) is 0 Å². The Bertz CT molecular complexity index is 887. The molecule has 0 aliphatic carbocycles. The lowest BCUT2D eigenvalue weighted by Gasteiger charge is -2.33. The number of aromatic nitrogens is 3. The van der Waals surface area contributed by atoms with E-state index in [0.29, 0.717) is 5.92 Å². The summed E-state index contributed by atoms with van der Waals surface area (Å²) < 4.78 is 0. The highest BCUT2D eigenvalue weighted by Gasteiger charge is 2.28. The van der Waals surface area contributed by atoms with Gasteiger partial charge in [0, 0.05) is 37.9 Å². The molecule has 1 aliphatic heterocycles. The number of anilines is 1. The number of thiophene rings is 1. The zero-order valence-electron chi connectivity index (χ0n) is 14.0. The minimum atomic E-state index is -0.0174. The van der Waals surface area contributed by atoms with Gasteiger partial charge in [0.2, 0.25) is 0 Å². The Morgan fingerprint density at radius 1 is 1.24 bits per heavy atom. The lowest BCUT2D eigenvalue weighted by Crippen LogP contribution is -2.34. The molecule has 1 N–H and O–H groups in total. The summed E-state index contributed by atoms with van der Waals surface area (Å²) >= 11 is 1.49. The van der Waals surface area contributed by atoms with Crippen LogP contribution in [0.25, 0.3) is 10.2 Å². The summed E-state index contributed by atoms with van der Waals surface area (Å²) in [4.78, 5) is 29.2. The topological polar surface area (TPSA) is 71.0 Å². The summed E-state index contributed by atoms with van der Waals surface area (Å²) in [6.07, 6.45) is 7.14. The van der Waals surface area contributed by atoms with Crippen LogP contribution in [-0.4, -0.2) is 41.0 Å². The van der Waals surface area contributed by atoms with Crippen LogP contribution in [0.5, 0.6) is 0 Å². The largest absolute Gasteiger partial charge is 0.356 e. The van der Waals surface area contributed by atoms with Crippen molar-refractivity contribution in [1.82, 2.24) is 20.3 Å². The maximum absolute atomic E-state index is 12.4. The molecule has 1 fully saturated rings. The molecule has 0 spiro atoms. The van der Waals surface area contributed by atoms with Crippen molar-refractivity contribution in [3.8, 4) is 0 Å². The number of nitrogens with zero attached hydrogens (tertiary/aromatic N) is 4. The van der Waals surface area contributed by atoms with Crippen LogP contribution in [0, 0.1) is 0 Å². The third-order valence-corrected chi connectivity index (χ3v) is 5.86. The lowest BCUT2D eigenvalue weighted by atomic mass is 9.87. The summed E-state index contributed by atoms with van der Waals surface area (Å²) in [5, 5.41) is 3.89. The van der Waals surface area contributed by atoms with Gasteiger partial charge in [-0.2, -0.15) is 0 Å². The number of piperidine rings is 1. The Balaban J connectivity index is 1.63. The molecular formula is C18H19N5OS. The monoisotopic (exact) mass is 353 g/mol. The average molecular weight is 353 g/mol. The van der Waals surface area contributed by atoms with Crippen LogP contribution in [0.4, 0.5) is 5.82 Å². The first-order valence-corrected chi connectivity index (χ1v) is 9.20. The van der Waals surface area contributed by atoms with E-state index in [1.165, 1.54) is 11.3 Å². The van der Waals surface area contributed by atoms with Gasteiger partial charge in [-0.25, -0.2) is 15.0 Å². The third kappa shape index (κ3) is 2.95. The molecule has 0 radical (unpaired) electrons. The highest BCUT2D eigenvalue weighted by atomic mass is 32.1. The minimum Gasteiger partial charge on any atom is -0.356 e. The predicted molar refractivity (Wildman–Crippen MR) is 99.2 cm³/mol. The number of hydrogen-bond donors (Lipinski definition) is 1. The Hall–Kier alpha value is -2.54. The molecule has 1 aliphatic rings. The number of rotatable bonds is 3. The fraction of sp³-hybridized carbons (Fsp3) is 0.333. The van der Waals surface area contributed by atoms with Gasteiger partial charge in [0.25, 0.3) is 5.91 Å². The fourth-order valence-corrected chi connectivity index (χ4v) is 4.68. The zero-order valence-corrected chi connectivity index (χ0v) is 14.8. The van der Waals surface area contributed by atoms with Crippen LogP contribution < -0.4 is 10.2 Å². The van der Waals surface area contributed by atoms with Crippen LogP contribution in [-0.2, 0) is 0 Å². The molecule has 0 saturated carbocycles. The van der Waals surface area contributed by atoms with Crippen molar-refractivity contribution in [2.75, 3.05) is 25.0 Å². The number of fused-ring (bicyclic) bond motifs is 1. The first kappa shape index (κ1) is 16.0. The van der Waals surface area contributed by atoms with E-state index in [0.717, 1.165) is 52.4 Å². The van der Waals surface area contributed by atoms with Crippen LogP contribution in [0.15, 0.2) is 36.9 Å². The predicted octanol–water partition coefficient (Wildman–Crippen LogP) is 2.83. The molecule has 3 aromatic rings. The molecule has 0 unspecified atom stereocenters. The van der Waals surface area contributed by atoms with Crippen LogP contribution in [0.1, 0.15) is 34.0 Å². The van der Waals surface area contributed by atoms with E-state index < -0.39 is 0 Å². The van der Waals surface area contributed by atoms with Gasteiger partial charge in [-0.15, -0.1) is 11.3 Å². The molecule has 4 rings (SSSR count). The summed E-state index contributed by atoms with van der Waals surface area (Å²) in [5.41, 5.74) is 1.16. The number of amides is 1. The van der Waals surface area contributed by atoms with E-state index in [2.05, 4.69) is 31.2 Å². The molecule has 25 heavy (non-hydrogen) atoms. The zero-order chi connectivity index (χ0) is 17.2. The van der Waals surface area contributed by atoms with E-state index >= 15 is 0 Å². The second-order valence-electron chi connectivity index (χ2n) is 6.11. The third-order valence-electron chi connectivity index (χ3n) is 4.73. The summed E-state index contributed by atoms with van der Waals surface area (Å²) in [7, 11) is 1.68. The molecule has 6 nitrogen and oxygen atoms in total. The van der Waals surface area contributed by atoms with Crippen molar-refractivity contribution in [2.24, 2.45) is 0 Å². The number of nitrogens with one attached hydrogen (secondary N) is 1. The molecule has 0 bridgehead atoms.